The minimum absolute atomic E-state index is 0.00779. The van der Waals surface area contributed by atoms with E-state index in [9.17, 15) is 9.59 Å². The number of rotatable bonds is 5. The molecule has 0 heterocycles. The molecular formula is C11H11Cl2NO4. The Balaban J connectivity index is 2.59. The molecule has 0 fully saturated rings. The number of carboxylic acids is 1. The SMILES string of the molecule is O=C(NCC[C@H](O)C(=O)O)c1c(Cl)cccc1Cl. The van der Waals surface area contributed by atoms with Crippen LogP contribution in [0.1, 0.15) is 16.8 Å². The first-order chi connectivity index (χ1) is 8.43. The summed E-state index contributed by atoms with van der Waals surface area (Å²) in [7, 11) is 0. The lowest BCUT2D eigenvalue weighted by atomic mass is 10.2. The molecule has 1 atom stereocenters. The van der Waals surface area contributed by atoms with E-state index in [-0.39, 0.29) is 28.6 Å². The van der Waals surface area contributed by atoms with Gasteiger partial charge in [-0.2, -0.15) is 0 Å². The summed E-state index contributed by atoms with van der Waals surface area (Å²) in [6.07, 6.45) is -1.60. The van der Waals surface area contributed by atoms with Crippen LogP contribution in [0.25, 0.3) is 0 Å². The van der Waals surface area contributed by atoms with Crippen LogP contribution in [0.15, 0.2) is 18.2 Å². The number of hydrogen-bond acceptors (Lipinski definition) is 3. The van der Waals surface area contributed by atoms with Gasteiger partial charge in [0.1, 0.15) is 0 Å². The number of carbonyl (C=O) groups is 2. The Morgan fingerprint density at radius 3 is 2.33 bits per heavy atom. The van der Waals surface area contributed by atoms with E-state index in [1.807, 2.05) is 0 Å². The second kappa shape index (κ2) is 6.58. The van der Waals surface area contributed by atoms with Gasteiger partial charge in [0.15, 0.2) is 6.10 Å². The van der Waals surface area contributed by atoms with E-state index >= 15 is 0 Å². The normalized spacial score (nSPS) is 11.9. The Labute approximate surface area is 113 Å². The highest BCUT2D eigenvalue weighted by Crippen LogP contribution is 2.23. The summed E-state index contributed by atoms with van der Waals surface area (Å²) >= 11 is 11.7. The minimum Gasteiger partial charge on any atom is -0.479 e. The number of carbonyl (C=O) groups excluding carboxylic acids is 1. The molecule has 0 spiro atoms. The van der Waals surface area contributed by atoms with E-state index < -0.39 is 18.0 Å². The van der Waals surface area contributed by atoms with Gasteiger partial charge < -0.3 is 15.5 Å². The predicted molar refractivity (Wildman–Crippen MR) is 67.1 cm³/mol. The first-order valence-corrected chi connectivity index (χ1v) is 5.82. The third kappa shape index (κ3) is 3.87. The molecule has 0 aliphatic rings. The van der Waals surface area contributed by atoms with E-state index in [0.29, 0.717) is 0 Å². The number of aliphatic carboxylic acids is 1. The number of benzene rings is 1. The number of nitrogens with one attached hydrogen (secondary N) is 1. The molecule has 3 N–H and O–H groups in total. The van der Waals surface area contributed by atoms with Crippen molar-refractivity contribution in [2.75, 3.05) is 6.54 Å². The first kappa shape index (κ1) is 14.8. The number of aliphatic hydroxyl groups excluding tert-OH is 1. The molecule has 0 bridgehead atoms. The monoisotopic (exact) mass is 291 g/mol. The van der Waals surface area contributed by atoms with Crippen molar-refractivity contribution in [3.05, 3.63) is 33.8 Å². The predicted octanol–water partition coefficient (Wildman–Crippen LogP) is 1.56. The molecule has 1 rings (SSSR count). The maximum Gasteiger partial charge on any atom is 0.332 e. The van der Waals surface area contributed by atoms with Gasteiger partial charge in [0, 0.05) is 13.0 Å². The quantitative estimate of drug-likeness (QED) is 0.768. The lowest BCUT2D eigenvalue weighted by Gasteiger charge is -2.09. The van der Waals surface area contributed by atoms with Crippen LogP contribution in [0.2, 0.25) is 10.0 Å². The number of carboxylic acid groups (broad SMARTS) is 1. The van der Waals surface area contributed by atoms with Crippen LogP contribution >= 0.6 is 23.2 Å². The van der Waals surface area contributed by atoms with Crippen LogP contribution in [0.3, 0.4) is 0 Å². The molecule has 0 saturated carbocycles. The Kier molecular flexibility index (Phi) is 5.40. The van der Waals surface area contributed by atoms with Crippen molar-refractivity contribution in [1.29, 1.82) is 0 Å². The number of amides is 1. The zero-order chi connectivity index (χ0) is 13.7. The smallest absolute Gasteiger partial charge is 0.332 e. The Morgan fingerprint density at radius 2 is 1.83 bits per heavy atom. The van der Waals surface area contributed by atoms with E-state index in [1.165, 1.54) is 12.1 Å². The second-order valence-electron chi connectivity index (χ2n) is 3.50. The van der Waals surface area contributed by atoms with Crippen LogP contribution in [-0.4, -0.2) is 34.7 Å². The van der Waals surface area contributed by atoms with Crippen molar-refractivity contribution < 1.29 is 19.8 Å². The maximum absolute atomic E-state index is 11.7. The highest BCUT2D eigenvalue weighted by molar-refractivity contribution is 6.39. The standard InChI is InChI=1S/C11H11Cl2NO4/c12-6-2-1-3-7(13)9(6)10(16)14-5-4-8(15)11(17)18/h1-3,8,15H,4-5H2,(H,14,16)(H,17,18)/t8-/m0/s1. The van der Waals surface area contributed by atoms with Crippen LogP contribution in [0, 0.1) is 0 Å². The second-order valence-corrected chi connectivity index (χ2v) is 4.31. The summed E-state index contributed by atoms with van der Waals surface area (Å²) in [6.45, 7) is 0.00779. The van der Waals surface area contributed by atoms with Crippen molar-refractivity contribution in [3.8, 4) is 0 Å². The van der Waals surface area contributed by atoms with Crippen LogP contribution in [-0.2, 0) is 4.79 Å². The van der Waals surface area contributed by atoms with Crippen LogP contribution < -0.4 is 5.32 Å². The number of halogens is 2. The summed E-state index contributed by atoms with van der Waals surface area (Å²) in [4.78, 5) is 22.1. The fourth-order valence-electron chi connectivity index (χ4n) is 1.25. The van der Waals surface area contributed by atoms with Gasteiger partial charge in [0.05, 0.1) is 15.6 Å². The molecular weight excluding hydrogens is 281 g/mol. The number of aliphatic hydroxyl groups is 1. The van der Waals surface area contributed by atoms with Crippen LogP contribution in [0.5, 0.6) is 0 Å². The van der Waals surface area contributed by atoms with Gasteiger partial charge in [-0.3, -0.25) is 4.79 Å². The summed E-state index contributed by atoms with van der Waals surface area (Å²) in [6, 6.07) is 4.65. The fraction of sp³-hybridized carbons (Fsp3) is 0.273. The molecule has 0 aliphatic carbocycles. The summed E-state index contributed by atoms with van der Waals surface area (Å²) in [5.74, 6) is -1.84. The molecule has 5 nitrogen and oxygen atoms in total. The van der Waals surface area contributed by atoms with Gasteiger partial charge in [-0.25, -0.2) is 4.79 Å². The molecule has 18 heavy (non-hydrogen) atoms. The largest absolute Gasteiger partial charge is 0.479 e. The molecule has 1 aromatic rings. The molecule has 0 saturated heterocycles. The fourth-order valence-corrected chi connectivity index (χ4v) is 1.82. The van der Waals surface area contributed by atoms with Gasteiger partial charge in [-0.05, 0) is 12.1 Å². The van der Waals surface area contributed by atoms with E-state index in [4.69, 9.17) is 33.4 Å². The third-order valence-corrected chi connectivity index (χ3v) is 2.81. The van der Waals surface area contributed by atoms with E-state index in [0.717, 1.165) is 0 Å². The van der Waals surface area contributed by atoms with Gasteiger partial charge >= 0.3 is 5.97 Å². The molecule has 0 unspecified atom stereocenters. The zero-order valence-electron chi connectivity index (χ0n) is 9.19. The van der Waals surface area contributed by atoms with Crippen molar-refractivity contribution in [2.45, 2.75) is 12.5 Å². The first-order valence-electron chi connectivity index (χ1n) is 5.06. The average Bonchev–Trinajstić information content (AvgIpc) is 2.28. The lowest BCUT2D eigenvalue weighted by Crippen LogP contribution is -2.30. The zero-order valence-corrected chi connectivity index (χ0v) is 10.7. The van der Waals surface area contributed by atoms with Crippen molar-refractivity contribution in [3.63, 3.8) is 0 Å². The molecule has 98 valence electrons. The molecule has 1 amide bonds. The lowest BCUT2D eigenvalue weighted by molar-refractivity contribution is -0.146. The van der Waals surface area contributed by atoms with Crippen molar-refractivity contribution in [2.24, 2.45) is 0 Å². The van der Waals surface area contributed by atoms with Gasteiger partial charge in [-0.15, -0.1) is 0 Å². The van der Waals surface area contributed by atoms with Gasteiger partial charge in [-0.1, -0.05) is 29.3 Å². The Bertz CT molecular complexity index is 444. The van der Waals surface area contributed by atoms with Crippen molar-refractivity contribution in [1.82, 2.24) is 5.32 Å². The van der Waals surface area contributed by atoms with Gasteiger partial charge in [0.2, 0.25) is 0 Å². The molecule has 0 aliphatic heterocycles. The highest BCUT2D eigenvalue weighted by Gasteiger charge is 2.16. The summed E-state index contributed by atoms with van der Waals surface area (Å²) < 4.78 is 0. The van der Waals surface area contributed by atoms with Crippen LogP contribution in [0.4, 0.5) is 0 Å². The molecule has 0 aromatic heterocycles. The maximum atomic E-state index is 11.7. The average molecular weight is 292 g/mol. The minimum atomic E-state index is -1.51. The van der Waals surface area contributed by atoms with Crippen molar-refractivity contribution >= 4 is 35.1 Å². The highest BCUT2D eigenvalue weighted by atomic mass is 35.5. The van der Waals surface area contributed by atoms with Gasteiger partial charge in [0.25, 0.3) is 5.91 Å². The summed E-state index contributed by atoms with van der Waals surface area (Å²) in [5.41, 5.74) is 0.130. The topological polar surface area (TPSA) is 86.6 Å². The molecule has 7 heteroatoms. The summed E-state index contributed by atoms with van der Waals surface area (Å²) in [5, 5.41) is 20.3. The Morgan fingerprint density at radius 1 is 1.28 bits per heavy atom. The molecule has 1 aromatic carbocycles. The number of hydrogen-bond donors (Lipinski definition) is 3. The Hall–Kier alpha value is -1.30. The third-order valence-electron chi connectivity index (χ3n) is 2.18. The molecule has 0 radical (unpaired) electrons. The van der Waals surface area contributed by atoms with E-state index in [1.54, 1.807) is 6.07 Å². The van der Waals surface area contributed by atoms with E-state index in [2.05, 4.69) is 5.32 Å².